The number of aromatic nitrogens is 4. The predicted octanol–water partition coefficient (Wildman–Crippen LogP) is 6.71. The summed E-state index contributed by atoms with van der Waals surface area (Å²) in [6.07, 6.45) is 8.46. The lowest BCUT2D eigenvalue weighted by Crippen LogP contribution is -2.33. The van der Waals surface area contributed by atoms with Crippen LogP contribution in [0, 0.1) is 0 Å². The average Bonchev–Trinajstić information content (AvgIpc) is 4.02. The van der Waals surface area contributed by atoms with Gasteiger partial charge in [-0.15, -0.1) is 23.2 Å². The summed E-state index contributed by atoms with van der Waals surface area (Å²) in [6.45, 7) is 6.88. The molecule has 0 aliphatic carbocycles. The third-order valence-corrected chi connectivity index (χ3v) is 10.7. The highest BCUT2D eigenvalue weighted by atomic mass is 35.5. The van der Waals surface area contributed by atoms with E-state index >= 15 is 0 Å². The molecule has 4 aromatic rings. The van der Waals surface area contributed by atoms with Crippen LogP contribution in [-0.2, 0) is 33.4 Å². The number of aliphatic hydroxyl groups is 2. The molecule has 6 rings (SSSR count). The molecule has 2 fully saturated rings. The quantitative estimate of drug-likeness (QED) is 0.0448. The number of carbonyl (C=O) groups excluding carboxylic acids is 2. The third kappa shape index (κ3) is 16.9. The first-order chi connectivity index (χ1) is 30.9. The number of halogens is 4. The monoisotopic (exact) mass is 988 g/mol. The van der Waals surface area contributed by atoms with Crippen LogP contribution in [0.3, 0.4) is 0 Å². The smallest absolute Gasteiger partial charge is 0.343 e. The van der Waals surface area contributed by atoms with Crippen molar-refractivity contribution in [1.82, 2.24) is 25.3 Å². The largest absolute Gasteiger partial charge is 0.495 e. The molecular weight excluding hydrogens is 934 g/mol. The molecule has 0 radical (unpaired) electrons. The van der Waals surface area contributed by atoms with E-state index in [0.717, 1.165) is 43.5 Å². The van der Waals surface area contributed by atoms with Gasteiger partial charge in [0.15, 0.2) is 0 Å². The van der Waals surface area contributed by atoms with Gasteiger partial charge >= 0.3 is 11.9 Å². The first kappa shape index (κ1) is 54.1. The van der Waals surface area contributed by atoms with Crippen molar-refractivity contribution in [2.75, 3.05) is 80.9 Å². The van der Waals surface area contributed by atoms with Crippen molar-refractivity contribution in [2.45, 2.75) is 69.9 Å². The van der Waals surface area contributed by atoms with Crippen molar-refractivity contribution in [1.29, 1.82) is 0 Å². The molecule has 2 aromatic carbocycles. The summed E-state index contributed by atoms with van der Waals surface area (Å²) < 4.78 is 32.0. The van der Waals surface area contributed by atoms with E-state index < -0.39 is 22.7 Å². The van der Waals surface area contributed by atoms with Gasteiger partial charge in [-0.1, -0.05) is 35.3 Å². The SMILES string of the molecule is CCOC(=O)c1cnc(N2CCC[C@H]2CO)nc1NCc1ccc(OC)c(Cl)c1.CCOC(=O)c1cnc(S(C)=O)nc1NCc1ccc(OC)c(Cl)c1.ClCCl.OC[C@@H]1CCCN1. The molecule has 17 nitrogen and oxygen atoms in total. The fourth-order valence-electron chi connectivity index (χ4n) is 6.21. The third-order valence-electron chi connectivity index (χ3n) is 9.37. The zero-order chi connectivity index (χ0) is 47.0. The zero-order valence-corrected chi connectivity index (χ0v) is 40.2. The first-order valence-corrected chi connectivity index (χ1v) is 23.6. The summed E-state index contributed by atoms with van der Waals surface area (Å²) in [5, 5.41) is 28.8. The van der Waals surface area contributed by atoms with Crippen LogP contribution in [0.4, 0.5) is 17.6 Å². The summed E-state index contributed by atoms with van der Waals surface area (Å²) in [7, 11) is 1.73. The number of aliphatic hydroxyl groups excluding tert-OH is 2. The second kappa shape index (κ2) is 29.3. The molecule has 5 N–H and O–H groups in total. The van der Waals surface area contributed by atoms with Crippen molar-refractivity contribution in [3.05, 3.63) is 81.1 Å². The van der Waals surface area contributed by atoms with Gasteiger partial charge in [0.1, 0.15) is 34.3 Å². The molecule has 4 heterocycles. The van der Waals surface area contributed by atoms with Gasteiger partial charge in [-0.3, -0.25) is 4.21 Å². The van der Waals surface area contributed by atoms with E-state index in [1.54, 1.807) is 45.2 Å². The minimum atomic E-state index is -1.37. The van der Waals surface area contributed by atoms with E-state index in [2.05, 4.69) is 35.9 Å². The Labute approximate surface area is 396 Å². The van der Waals surface area contributed by atoms with Crippen LogP contribution in [0.2, 0.25) is 10.0 Å². The van der Waals surface area contributed by atoms with E-state index in [4.69, 9.17) is 70.5 Å². The van der Waals surface area contributed by atoms with Crippen molar-refractivity contribution >= 4 is 86.7 Å². The number of alkyl halides is 2. The topological polar surface area (TPSA) is 219 Å². The van der Waals surface area contributed by atoms with E-state index in [9.17, 15) is 18.9 Å². The number of anilines is 3. The Morgan fingerprint density at radius 1 is 0.828 bits per heavy atom. The van der Waals surface area contributed by atoms with Gasteiger partial charge in [0.25, 0.3) is 0 Å². The number of nitrogens with one attached hydrogen (secondary N) is 3. The van der Waals surface area contributed by atoms with Gasteiger partial charge in [0.05, 0.1) is 72.9 Å². The van der Waals surface area contributed by atoms with Crippen LogP contribution in [0.25, 0.3) is 0 Å². The zero-order valence-electron chi connectivity index (χ0n) is 36.4. The molecule has 64 heavy (non-hydrogen) atoms. The fourth-order valence-corrected chi connectivity index (χ4v) is 7.20. The highest BCUT2D eigenvalue weighted by molar-refractivity contribution is 7.84. The number of carbonyl (C=O) groups is 2. The van der Waals surface area contributed by atoms with Gasteiger partial charge in [-0.2, -0.15) is 4.98 Å². The van der Waals surface area contributed by atoms with Gasteiger partial charge in [0, 0.05) is 44.3 Å². The molecule has 0 amide bonds. The lowest BCUT2D eigenvalue weighted by molar-refractivity contribution is 0.0516. The minimum Gasteiger partial charge on any atom is -0.495 e. The van der Waals surface area contributed by atoms with E-state index in [0.29, 0.717) is 59.0 Å². The maximum atomic E-state index is 12.3. The highest BCUT2D eigenvalue weighted by Gasteiger charge is 2.27. The van der Waals surface area contributed by atoms with Gasteiger partial charge in [-0.05, 0) is 81.5 Å². The van der Waals surface area contributed by atoms with E-state index in [-0.39, 0.29) is 53.3 Å². The standard InChI is InChI=1S/C20H25ClN4O4.C16H18ClN3O4S.C5H11NO.CH2Cl2/c1-3-29-19(27)15-11-23-20(25-8-4-5-14(25)12-26)24-18(15)22-10-13-6-7-17(28-2)16(21)9-13;1-4-24-15(21)11-9-19-16(25(3)22)20-14(11)18-8-10-5-6-13(23-2)12(17)7-10;7-4-5-2-1-3-6-5;2-1-3/h6-7,9,11,14,26H,3-5,8,10,12H2,1-2H3,(H,22,23,24);5-7,9H,4,8H2,1-3H3,(H,18,19,20);5-7H,1-4H2;1H2/t14-;;5-;/m0.0./s1. The van der Waals surface area contributed by atoms with Crippen LogP contribution in [0.1, 0.15) is 71.4 Å². The molecule has 0 spiro atoms. The Hall–Kier alpha value is -4.27. The molecule has 352 valence electrons. The van der Waals surface area contributed by atoms with Crippen LogP contribution in [0.15, 0.2) is 53.9 Å². The van der Waals surface area contributed by atoms with Crippen LogP contribution in [-0.4, -0.2) is 124 Å². The number of ether oxygens (including phenoxy) is 4. The summed E-state index contributed by atoms with van der Waals surface area (Å²) in [5.74, 6) is 1.24. The number of hydrogen-bond donors (Lipinski definition) is 5. The number of esters is 2. The Morgan fingerprint density at radius 3 is 1.78 bits per heavy atom. The van der Waals surface area contributed by atoms with Crippen LogP contribution in [0.5, 0.6) is 11.5 Å². The van der Waals surface area contributed by atoms with Crippen LogP contribution >= 0.6 is 46.4 Å². The Morgan fingerprint density at radius 2 is 1.36 bits per heavy atom. The summed E-state index contributed by atoms with van der Waals surface area (Å²) in [5.41, 5.74) is 2.20. The molecule has 2 saturated heterocycles. The normalized spacial score (nSPS) is 15.5. The second-order valence-electron chi connectivity index (χ2n) is 13.6. The average molecular weight is 991 g/mol. The maximum absolute atomic E-state index is 12.3. The number of benzene rings is 2. The fraction of sp³-hybridized carbons (Fsp3) is 0.476. The molecule has 1 unspecified atom stereocenters. The number of rotatable bonds is 16. The Kier molecular flexibility index (Phi) is 24.8. The Balaban J connectivity index is 0.000000282. The van der Waals surface area contributed by atoms with Gasteiger partial charge < -0.3 is 50.0 Å². The van der Waals surface area contributed by atoms with Crippen molar-refractivity contribution in [2.24, 2.45) is 0 Å². The molecule has 22 heteroatoms. The molecule has 0 bridgehead atoms. The second-order valence-corrected chi connectivity index (χ2v) is 16.5. The first-order valence-electron chi connectivity index (χ1n) is 20.3. The molecule has 2 aliphatic rings. The van der Waals surface area contributed by atoms with E-state index in [1.165, 1.54) is 32.2 Å². The Bertz CT molecular complexity index is 2110. The number of nitrogens with zero attached hydrogens (tertiary/aromatic N) is 5. The molecule has 2 aliphatic heterocycles. The van der Waals surface area contributed by atoms with E-state index in [1.807, 2.05) is 17.0 Å². The summed E-state index contributed by atoms with van der Waals surface area (Å²) in [4.78, 5) is 43.3. The van der Waals surface area contributed by atoms with Crippen LogP contribution < -0.4 is 30.3 Å². The predicted molar refractivity (Wildman–Crippen MR) is 251 cm³/mol. The summed E-state index contributed by atoms with van der Waals surface area (Å²) in [6, 6.07) is 11.2. The molecule has 0 saturated carbocycles. The molecule has 3 atom stereocenters. The lowest BCUT2D eigenvalue weighted by Gasteiger charge is -2.23. The lowest BCUT2D eigenvalue weighted by atomic mass is 10.2. The minimum absolute atomic E-state index is 0.0170. The number of hydrogen-bond acceptors (Lipinski definition) is 17. The maximum Gasteiger partial charge on any atom is 0.343 e. The van der Waals surface area contributed by atoms with Crippen molar-refractivity contribution in [3.63, 3.8) is 0 Å². The molecule has 2 aromatic heterocycles. The van der Waals surface area contributed by atoms with Crippen molar-refractivity contribution < 1.29 is 43.0 Å². The highest BCUT2D eigenvalue weighted by Crippen LogP contribution is 2.28. The molecular formula is C42H56Cl4N8O9S. The van der Waals surface area contributed by atoms with Crippen molar-refractivity contribution in [3.8, 4) is 11.5 Å². The van der Waals surface area contributed by atoms with Gasteiger partial charge in [-0.25, -0.2) is 24.5 Å². The number of methoxy groups -OCH3 is 2. The summed E-state index contributed by atoms with van der Waals surface area (Å²) >= 11 is 21.8. The van der Waals surface area contributed by atoms with Gasteiger partial charge in [0.2, 0.25) is 11.1 Å².